The van der Waals surface area contributed by atoms with Crippen LogP contribution in [0.5, 0.6) is 0 Å². The highest BCUT2D eigenvalue weighted by atomic mass is 16.5. The Bertz CT molecular complexity index is 577. The summed E-state index contributed by atoms with van der Waals surface area (Å²) in [6, 6.07) is 0.521. The quantitative estimate of drug-likeness (QED) is 0.109. The molecular weight excluding hydrogens is 430 g/mol. The first-order chi connectivity index (χ1) is 16.4. The van der Waals surface area contributed by atoms with Crippen LogP contribution in [-0.4, -0.2) is 86.8 Å². The molecule has 0 heterocycles. The number of nitrogens with one attached hydrogen (secondary N) is 1. The molecule has 0 aliphatic rings. The molecule has 0 saturated heterocycles. The van der Waals surface area contributed by atoms with Gasteiger partial charge >= 0.3 is 11.9 Å². The predicted octanol–water partition coefficient (Wildman–Crippen LogP) is 3.96. The van der Waals surface area contributed by atoms with Crippen molar-refractivity contribution in [2.24, 2.45) is 0 Å². The maximum atomic E-state index is 11.3. The highest BCUT2D eigenvalue weighted by molar-refractivity contribution is 5.81. The van der Waals surface area contributed by atoms with Crippen LogP contribution in [-0.2, 0) is 19.1 Å². The van der Waals surface area contributed by atoms with Gasteiger partial charge in [0.05, 0.1) is 0 Å². The summed E-state index contributed by atoms with van der Waals surface area (Å²) >= 11 is 0. The summed E-state index contributed by atoms with van der Waals surface area (Å²) in [7, 11) is 0. The van der Waals surface area contributed by atoms with Crippen LogP contribution in [0.25, 0.3) is 0 Å². The zero-order chi connectivity index (χ0) is 25.6. The van der Waals surface area contributed by atoms with Crippen LogP contribution < -0.4 is 5.32 Å². The fourth-order valence-electron chi connectivity index (χ4n) is 3.56. The Labute approximate surface area is 208 Å². The summed E-state index contributed by atoms with van der Waals surface area (Å²) in [4.78, 5) is 27.1. The van der Waals surface area contributed by atoms with Crippen molar-refractivity contribution in [3.05, 3.63) is 37.0 Å². The molecule has 0 fully saturated rings. The lowest BCUT2D eigenvalue weighted by Crippen LogP contribution is -2.33. The van der Waals surface area contributed by atoms with Crippen LogP contribution in [0.1, 0.15) is 59.8 Å². The Hall–Kier alpha value is -1.96. The van der Waals surface area contributed by atoms with Crippen LogP contribution in [0.3, 0.4) is 0 Å². The minimum absolute atomic E-state index is 0.287. The van der Waals surface area contributed by atoms with Crippen LogP contribution in [0.15, 0.2) is 37.0 Å². The number of allylic oxidation sites excluding steroid dienone is 2. The number of esters is 2. The highest BCUT2D eigenvalue weighted by Gasteiger charge is 2.08. The van der Waals surface area contributed by atoms with Gasteiger partial charge in [-0.2, -0.15) is 0 Å². The minimum atomic E-state index is -0.426. The lowest BCUT2D eigenvalue weighted by Gasteiger charge is -2.22. The van der Waals surface area contributed by atoms with Crippen molar-refractivity contribution in [2.45, 2.75) is 65.8 Å². The third kappa shape index (κ3) is 18.5. The highest BCUT2D eigenvalue weighted by Crippen LogP contribution is 2.09. The van der Waals surface area contributed by atoms with E-state index in [9.17, 15) is 9.59 Å². The fourth-order valence-corrected chi connectivity index (χ4v) is 3.56. The van der Waals surface area contributed by atoms with E-state index in [1.807, 2.05) is 0 Å². The van der Waals surface area contributed by atoms with Crippen molar-refractivity contribution >= 4 is 11.9 Å². The van der Waals surface area contributed by atoms with Crippen molar-refractivity contribution in [3.63, 3.8) is 0 Å². The first kappa shape index (κ1) is 32.0. The van der Waals surface area contributed by atoms with E-state index in [-0.39, 0.29) is 13.2 Å². The van der Waals surface area contributed by atoms with Crippen molar-refractivity contribution in [3.8, 4) is 0 Å². The molecule has 0 rings (SSSR count). The van der Waals surface area contributed by atoms with Gasteiger partial charge in [0.25, 0.3) is 0 Å². The van der Waals surface area contributed by atoms with Gasteiger partial charge in [-0.05, 0) is 78.7 Å². The third-order valence-electron chi connectivity index (χ3n) is 5.81. The molecule has 0 bridgehead atoms. The number of rotatable bonds is 22. The molecule has 0 aromatic heterocycles. The SMILES string of the molecule is C=CC(=O)OCCN(CCC/C(C)=C\CCC(C)NCCCN(CC)CC)CCOC(=O)C=C. The Morgan fingerprint density at radius 1 is 0.912 bits per heavy atom. The first-order valence-corrected chi connectivity index (χ1v) is 12.8. The summed E-state index contributed by atoms with van der Waals surface area (Å²) in [6.07, 6.45) is 10.1. The maximum Gasteiger partial charge on any atom is 0.330 e. The molecule has 0 radical (unpaired) electrons. The molecule has 0 spiro atoms. The first-order valence-electron chi connectivity index (χ1n) is 12.8. The van der Waals surface area contributed by atoms with Crippen LogP contribution >= 0.6 is 0 Å². The Morgan fingerprint density at radius 3 is 2.00 bits per heavy atom. The average Bonchev–Trinajstić information content (AvgIpc) is 2.83. The van der Waals surface area contributed by atoms with E-state index in [4.69, 9.17) is 9.47 Å². The molecule has 0 aliphatic heterocycles. The Morgan fingerprint density at radius 2 is 1.47 bits per heavy atom. The third-order valence-corrected chi connectivity index (χ3v) is 5.81. The summed E-state index contributed by atoms with van der Waals surface area (Å²) in [5.74, 6) is -0.853. The van der Waals surface area contributed by atoms with E-state index >= 15 is 0 Å². The van der Waals surface area contributed by atoms with Gasteiger partial charge in [-0.1, -0.05) is 38.7 Å². The van der Waals surface area contributed by atoms with Gasteiger partial charge in [0.1, 0.15) is 13.2 Å². The molecule has 1 unspecified atom stereocenters. The van der Waals surface area contributed by atoms with E-state index in [0.717, 1.165) is 70.6 Å². The zero-order valence-corrected chi connectivity index (χ0v) is 22.2. The van der Waals surface area contributed by atoms with Crippen LogP contribution in [0.4, 0.5) is 0 Å². The predicted molar refractivity (Wildman–Crippen MR) is 141 cm³/mol. The van der Waals surface area contributed by atoms with Gasteiger partial charge < -0.3 is 19.7 Å². The van der Waals surface area contributed by atoms with Crippen LogP contribution in [0, 0.1) is 0 Å². The molecule has 0 aromatic rings. The molecule has 0 amide bonds. The normalized spacial score (nSPS) is 12.6. The zero-order valence-electron chi connectivity index (χ0n) is 22.2. The summed E-state index contributed by atoms with van der Waals surface area (Å²) < 4.78 is 10.2. The minimum Gasteiger partial charge on any atom is -0.461 e. The van der Waals surface area contributed by atoms with Gasteiger partial charge in [-0.15, -0.1) is 0 Å². The van der Waals surface area contributed by atoms with E-state index in [2.05, 4.69) is 62.0 Å². The topological polar surface area (TPSA) is 71.1 Å². The Balaban J connectivity index is 4.20. The molecule has 7 heteroatoms. The molecule has 0 aliphatic carbocycles. The maximum absolute atomic E-state index is 11.3. The monoisotopic (exact) mass is 479 g/mol. The molecular formula is C27H49N3O4. The van der Waals surface area contributed by atoms with Gasteiger partial charge in [0.15, 0.2) is 0 Å². The molecule has 7 nitrogen and oxygen atoms in total. The van der Waals surface area contributed by atoms with E-state index in [1.54, 1.807) is 0 Å². The molecule has 196 valence electrons. The van der Waals surface area contributed by atoms with E-state index in [1.165, 1.54) is 12.0 Å². The lowest BCUT2D eigenvalue weighted by atomic mass is 10.1. The number of hydrogen-bond acceptors (Lipinski definition) is 7. The van der Waals surface area contributed by atoms with Gasteiger partial charge in [-0.3, -0.25) is 4.90 Å². The number of nitrogens with zero attached hydrogens (tertiary/aromatic N) is 2. The molecule has 0 saturated carbocycles. The number of hydrogen-bond donors (Lipinski definition) is 1. The fraction of sp³-hybridized carbons (Fsp3) is 0.704. The van der Waals surface area contributed by atoms with Crippen molar-refractivity contribution in [1.82, 2.24) is 15.1 Å². The Kier molecular flexibility index (Phi) is 20.3. The smallest absolute Gasteiger partial charge is 0.330 e. The lowest BCUT2D eigenvalue weighted by molar-refractivity contribution is -0.138. The second kappa shape index (κ2) is 21.6. The van der Waals surface area contributed by atoms with Crippen molar-refractivity contribution < 1.29 is 19.1 Å². The van der Waals surface area contributed by atoms with E-state index < -0.39 is 11.9 Å². The summed E-state index contributed by atoms with van der Waals surface area (Å²) in [6.45, 7) is 22.8. The summed E-state index contributed by atoms with van der Waals surface area (Å²) in [5, 5.41) is 3.63. The standard InChI is InChI=1S/C27H49N3O4/c1-7-26(31)33-22-20-30(21-23-34-27(32)8-2)18-12-15-24(5)14-11-16-25(6)28-17-13-19-29(9-3)10-4/h7-8,14,25,28H,1-2,9-13,15-23H2,3-6H3/b24-14-. The average molecular weight is 480 g/mol. The van der Waals surface area contributed by atoms with Gasteiger partial charge in [0, 0.05) is 31.3 Å². The largest absolute Gasteiger partial charge is 0.461 e. The van der Waals surface area contributed by atoms with E-state index in [0.29, 0.717) is 19.1 Å². The van der Waals surface area contributed by atoms with Crippen molar-refractivity contribution in [2.75, 3.05) is 59.0 Å². The molecule has 1 atom stereocenters. The van der Waals surface area contributed by atoms with Crippen LogP contribution in [0.2, 0.25) is 0 Å². The van der Waals surface area contributed by atoms with Gasteiger partial charge in [0.2, 0.25) is 0 Å². The molecule has 0 aromatic carbocycles. The second-order valence-corrected chi connectivity index (χ2v) is 8.55. The number of ether oxygens (including phenoxy) is 2. The number of carbonyl (C=O) groups is 2. The van der Waals surface area contributed by atoms with Crippen molar-refractivity contribution in [1.29, 1.82) is 0 Å². The second-order valence-electron chi connectivity index (χ2n) is 8.55. The summed E-state index contributed by atoms with van der Waals surface area (Å²) in [5.41, 5.74) is 1.39. The molecule has 1 N–H and O–H groups in total. The number of carbonyl (C=O) groups excluding carboxylic acids is 2. The van der Waals surface area contributed by atoms with Gasteiger partial charge in [-0.25, -0.2) is 9.59 Å². The molecule has 34 heavy (non-hydrogen) atoms.